The lowest BCUT2D eigenvalue weighted by Crippen LogP contribution is -2.14. The first kappa shape index (κ1) is 32.7. The van der Waals surface area contributed by atoms with Crippen LogP contribution in [0.1, 0.15) is 33.3 Å². The van der Waals surface area contributed by atoms with Crippen molar-refractivity contribution in [3.8, 4) is 11.1 Å². The Hall–Kier alpha value is -5.20. The molecule has 0 saturated carbocycles. The van der Waals surface area contributed by atoms with Crippen molar-refractivity contribution in [2.75, 3.05) is 0 Å². The number of rotatable bonds is 6. The number of hydrogen-bond donors (Lipinski definition) is 0. The molecule has 0 aromatic heterocycles. The highest BCUT2D eigenvalue weighted by molar-refractivity contribution is 5.99. The van der Waals surface area contributed by atoms with Crippen LogP contribution in [0.25, 0.3) is 32.7 Å². The van der Waals surface area contributed by atoms with Crippen molar-refractivity contribution in [2.45, 2.75) is 34.6 Å². The number of benzene rings is 4. The van der Waals surface area contributed by atoms with Gasteiger partial charge in [0.2, 0.25) is 0 Å². The topological polar surface area (TPSA) is 0 Å². The Bertz CT molecular complexity index is 2150. The molecule has 0 spiro atoms. The number of fused-ring (bicyclic) bond motifs is 3. The predicted octanol–water partition coefficient (Wildman–Crippen LogP) is 13.3. The highest BCUT2D eigenvalue weighted by Gasteiger charge is 2.35. The summed E-state index contributed by atoms with van der Waals surface area (Å²) in [6.45, 7) is 19.2. The summed E-state index contributed by atoms with van der Waals surface area (Å²) in [5, 5.41) is 5.20. The van der Waals surface area contributed by atoms with E-state index in [1.807, 2.05) is 12.2 Å². The van der Waals surface area contributed by atoms with Crippen LogP contribution in [0.15, 0.2) is 198 Å². The second-order valence-corrected chi connectivity index (χ2v) is 13.5. The maximum Gasteiger partial charge on any atom is 0.0155 e. The summed E-state index contributed by atoms with van der Waals surface area (Å²) in [5.41, 5.74) is 11.5. The molecule has 4 aromatic rings. The van der Waals surface area contributed by atoms with Gasteiger partial charge in [-0.3, -0.25) is 0 Å². The van der Waals surface area contributed by atoms with Gasteiger partial charge in [-0.05, 0) is 92.9 Å². The first-order valence-electron chi connectivity index (χ1n) is 17.0. The van der Waals surface area contributed by atoms with Crippen LogP contribution in [0.4, 0.5) is 0 Å². The molecular formula is C48H46. The molecule has 0 N–H and O–H groups in total. The van der Waals surface area contributed by atoms with Crippen molar-refractivity contribution in [1.29, 1.82) is 0 Å². The van der Waals surface area contributed by atoms with Gasteiger partial charge >= 0.3 is 0 Å². The summed E-state index contributed by atoms with van der Waals surface area (Å²) >= 11 is 0. The van der Waals surface area contributed by atoms with Crippen LogP contribution in [0.2, 0.25) is 0 Å². The van der Waals surface area contributed by atoms with E-state index in [2.05, 4.69) is 187 Å². The van der Waals surface area contributed by atoms with Crippen LogP contribution in [0, 0.1) is 24.2 Å². The lowest BCUT2D eigenvalue weighted by atomic mass is 9.77. The lowest BCUT2D eigenvalue weighted by Gasteiger charge is -2.26. The molecule has 2 atom stereocenters. The average Bonchev–Trinajstić information content (AvgIpc) is 3.29. The fourth-order valence-corrected chi connectivity index (χ4v) is 7.43. The smallest absolute Gasteiger partial charge is 0.0155 e. The standard InChI is InChI=1S/C27H30.C21H16/c1-7-12-24-19(4)26(27(5,6)25(24)9-3)18-20(8-2)23-16-15-21-13-10-11-14-22(21)17-23;1-15-9-10-18-14-19(12-11-17(18)13-15)21-8-4-6-16-5-2-3-7-20(16)21/h7-18,21-22H,2-3H2,1,4-6H3;2-14H,1H3/b12-7-,20-18+;. The summed E-state index contributed by atoms with van der Waals surface area (Å²) in [5.74, 6) is 0.912. The van der Waals surface area contributed by atoms with Crippen molar-refractivity contribution in [2.24, 2.45) is 17.3 Å². The summed E-state index contributed by atoms with van der Waals surface area (Å²) in [6, 6.07) is 28.4. The van der Waals surface area contributed by atoms with Crippen molar-refractivity contribution in [3.63, 3.8) is 0 Å². The fourth-order valence-electron chi connectivity index (χ4n) is 7.43. The van der Waals surface area contributed by atoms with Gasteiger partial charge in [-0.25, -0.2) is 0 Å². The van der Waals surface area contributed by atoms with Crippen molar-refractivity contribution >= 4 is 21.5 Å². The Morgan fingerprint density at radius 1 is 0.750 bits per heavy atom. The molecule has 0 aliphatic heterocycles. The van der Waals surface area contributed by atoms with Crippen LogP contribution < -0.4 is 0 Å². The molecule has 0 radical (unpaired) electrons. The zero-order valence-electron chi connectivity index (χ0n) is 29.0. The van der Waals surface area contributed by atoms with E-state index in [9.17, 15) is 0 Å². The molecule has 7 rings (SSSR count). The summed E-state index contributed by atoms with van der Waals surface area (Å²) < 4.78 is 0. The molecular weight excluding hydrogens is 577 g/mol. The van der Waals surface area contributed by atoms with Gasteiger partial charge in [0.15, 0.2) is 0 Å². The van der Waals surface area contributed by atoms with Gasteiger partial charge in [-0.2, -0.15) is 0 Å². The maximum absolute atomic E-state index is 4.10. The van der Waals surface area contributed by atoms with E-state index in [0.29, 0.717) is 11.8 Å². The van der Waals surface area contributed by atoms with E-state index >= 15 is 0 Å². The quantitative estimate of drug-likeness (QED) is 0.188. The fraction of sp³-hybridized carbons (Fsp3) is 0.167. The molecule has 0 saturated heterocycles. The minimum absolute atomic E-state index is 0.0656. The highest BCUT2D eigenvalue weighted by Crippen LogP contribution is 2.49. The third-order valence-corrected chi connectivity index (χ3v) is 10.0. The molecule has 0 bridgehead atoms. The predicted molar refractivity (Wildman–Crippen MR) is 211 cm³/mol. The summed E-state index contributed by atoms with van der Waals surface area (Å²) in [4.78, 5) is 0. The Labute approximate surface area is 287 Å². The van der Waals surface area contributed by atoms with Crippen LogP contribution in [-0.4, -0.2) is 0 Å². The van der Waals surface area contributed by atoms with Gasteiger partial charge in [0.1, 0.15) is 0 Å². The van der Waals surface area contributed by atoms with E-state index in [1.165, 1.54) is 71.7 Å². The largest absolute Gasteiger partial charge is 0.0987 e. The van der Waals surface area contributed by atoms with Gasteiger partial charge in [0.05, 0.1) is 0 Å². The third-order valence-electron chi connectivity index (χ3n) is 10.0. The number of allylic oxidation sites excluding steroid dienone is 18. The minimum atomic E-state index is -0.0656. The Balaban J connectivity index is 0.000000172. The van der Waals surface area contributed by atoms with Gasteiger partial charge in [-0.1, -0.05) is 178 Å². The molecule has 2 unspecified atom stereocenters. The lowest BCUT2D eigenvalue weighted by molar-refractivity contribution is 0.575. The maximum atomic E-state index is 4.10. The van der Waals surface area contributed by atoms with E-state index in [1.54, 1.807) is 0 Å². The Kier molecular flexibility index (Phi) is 9.47. The zero-order valence-corrected chi connectivity index (χ0v) is 29.0. The van der Waals surface area contributed by atoms with Crippen molar-refractivity contribution < 1.29 is 0 Å². The highest BCUT2D eigenvalue weighted by atomic mass is 14.4. The first-order chi connectivity index (χ1) is 23.2. The number of hydrogen-bond acceptors (Lipinski definition) is 0. The summed E-state index contributed by atoms with van der Waals surface area (Å²) in [7, 11) is 0. The molecule has 0 heterocycles. The van der Waals surface area contributed by atoms with Gasteiger partial charge < -0.3 is 0 Å². The van der Waals surface area contributed by atoms with Gasteiger partial charge in [0.25, 0.3) is 0 Å². The first-order valence-corrected chi connectivity index (χ1v) is 17.0. The SMILES string of the molecule is C=CC1=C(/C=C\C)C(C)=C(/C=C(\C=C)C2=CC3C=CC=CC3C=C2)C1(C)C.Cc1ccc2cc(-c3cccc4ccccc34)ccc2c1. The Morgan fingerprint density at radius 2 is 1.48 bits per heavy atom. The van der Waals surface area contributed by atoms with E-state index < -0.39 is 0 Å². The minimum Gasteiger partial charge on any atom is -0.0987 e. The van der Waals surface area contributed by atoms with Crippen molar-refractivity contribution in [1.82, 2.24) is 0 Å². The zero-order chi connectivity index (χ0) is 33.8. The monoisotopic (exact) mass is 622 g/mol. The molecule has 48 heavy (non-hydrogen) atoms. The molecule has 4 aromatic carbocycles. The Morgan fingerprint density at radius 3 is 2.25 bits per heavy atom. The molecule has 3 aliphatic rings. The molecule has 0 amide bonds. The van der Waals surface area contributed by atoms with E-state index in [-0.39, 0.29) is 5.41 Å². The third kappa shape index (κ3) is 6.36. The second-order valence-electron chi connectivity index (χ2n) is 13.5. The van der Waals surface area contributed by atoms with E-state index in [4.69, 9.17) is 0 Å². The van der Waals surface area contributed by atoms with Gasteiger partial charge in [-0.15, -0.1) is 0 Å². The molecule has 0 nitrogen and oxygen atoms in total. The van der Waals surface area contributed by atoms with Crippen LogP contribution >= 0.6 is 0 Å². The van der Waals surface area contributed by atoms with Crippen LogP contribution in [0.3, 0.4) is 0 Å². The molecule has 3 aliphatic carbocycles. The van der Waals surface area contributed by atoms with Crippen molar-refractivity contribution in [3.05, 3.63) is 204 Å². The molecule has 0 heteroatoms. The van der Waals surface area contributed by atoms with Gasteiger partial charge in [0, 0.05) is 17.3 Å². The molecule has 238 valence electrons. The van der Waals surface area contributed by atoms with Crippen LogP contribution in [-0.2, 0) is 0 Å². The van der Waals surface area contributed by atoms with E-state index in [0.717, 1.165) is 0 Å². The molecule has 0 fully saturated rings. The normalized spacial score (nSPS) is 19.9. The average molecular weight is 623 g/mol. The number of aryl methyl sites for hydroxylation is 1. The van der Waals surface area contributed by atoms with Crippen LogP contribution in [0.5, 0.6) is 0 Å². The second kappa shape index (κ2) is 13.9. The summed E-state index contributed by atoms with van der Waals surface area (Å²) in [6.07, 6.45) is 26.3.